The van der Waals surface area contributed by atoms with E-state index in [1.165, 1.54) is 0 Å². The lowest BCUT2D eigenvalue weighted by Crippen LogP contribution is -2.51. The minimum atomic E-state index is -0.268. The Labute approximate surface area is 111 Å². The minimum absolute atomic E-state index is 0.0760. The number of rotatable bonds is 3. The summed E-state index contributed by atoms with van der Waals surface area (Å²) in [6.45, 7) is 5.08. The van der Waals surface area contributed by atoms with Crippen molar-refractivity contribution in [3.05, 3.63) is 11.4 Å². The molecule has 0 spiro atoms. The summed E-state index contributed by atoms with van der Waals surface area (Å²) < 4.78 is 6.86. The number of morpholine rings is 1. The van der Waals surface area contributed by atoms with Crippen molar-refractivity contribution in [3.8, 4) is 0 Å². The first-order valence-corrected chi connectivity index (χ1v) is 6.32. The lowest BCUT2D eigenvalue weighted by atomic mass is 10.2. The average molecular weight is 268 g/mol. The monoisotopic (exact) mass is 268 g/mol. The van der Waals surface area contributed by atoms with Gasteiger partial charge in [0.25, 0.3) is 0 Å². The van der Waals surface area contributed by atoms with E-state index < -0.39 is 0 Å². The minimum Gasteiger partial charge on any atom is -0.396 e. The molecule has 1 aliphatic heterocycles. The van der Waals surface area contributed by atoms with Gasteiger partial charge in [0.05, 0.1) is 42.9 Å². The zero-order chi connectivity index (χ0) is 14.0. The molecule has 0 aliphatic carbocycles. The van der Waals surface area contributed by atoms with Crippen LogP contribution in [-0.4, -0.2) is 58.1 Å². The maximum absolute atomic E-state index is 12.3. The highest BCUT2D eigenvalue weighted by Crippen LogP contribution is 2.15. The van der Waals surface area contributed by atoms with Crippen molar-refractivity contribution in [3.63, 3.8) is 0 Å². The standard InChI is InChI=1S/C12H20N4O3/c1-8-12(13)9(2)16(14-8)5-11(18)15-3-4-19-7-10(15)6-17/h10,17H,3-7,13H2,1-2H3. The van der Waals surface area contributed by atoms with Gasteiger partial charge < -0.3 is 20.5 Å². The highest BCUT2D eigenvalue weighted by molar-refractivity contribution is 5.76. The number of nitrogen functional groups attached to an aromatic ring is 1. The average Bonchev–Trinajstić information content (AvgIpc) is 2.66. The molecule has 1 saturated heterocycles. The molecule has 7 nitrogen and oxygen atoms in total. The number of aryl methyl sites for hydroxylation is 1. The predicted octanol–water partition coefficient (Wildman–Crippen LogP) is -0.698. The predicted molar refractivity (Wildman–Crippen MR) is 69.5 cm³/mol. The zero-order valence-corrected chi connectivity index (χ0v) is 11.3. The lowest BCUT2D eigenvalue weighted by molar-refractivity contribution is -0.142. The van der Waals surface area contributed by atoms with E-state index in [0.717, 1.165) is 11.4 Å². The molecule has 1 fully saturated rings. The smallest absolute Gasteiger partial charge is 0.244 e. The maximum atomic E-state index is 12.3. The Bertz CT molecular complexity index is 472. The molecule has 1 aliphatic rings. The Balaban J connectivity index is 2.09. The van der Waals surface area contributed by atoms with Crippen LogP contribution in [0.2, 0.25) is 0 Å². The van der Waals surface area contributed by atoms with Gasteiger partial charge in [0.1, 0.15) is 6.54 Å². The van der Waals surface area contributed by atoms with Gasteiger partial charge >= 0.3 is 0 Å². The van der Waals surface area contributed by atoms with E-state index in [4.69, 9.17) is 10.5 Å². The highest BCUT2D eigenvalue weighted by atomic mass is 16.5. The van der Waals surface area contributed by atoms with Gasteiger partial charge in [0.2, 0.25) is 5.91 Å². The second-order valence-corrected chi connectivity index (χ2v) is 4.74. The number of aromatic nitrogens is 2. The second-order valence-electron chi connectivity index (χ2n) is 4.74. The Hall–Kier alpha value is -1.60. The first kappa shape index (κ1) is 13.8. The molecule has 2 heterocycles. The van der Waals surface area contributed by atoms with Crippen LogP contribution in [-0.2, 0) is 16.1 Å². The first-order chi connectivity index (χ1) is 9.04. The number of hydrogen-bond acceptors (Lipinski definition) is 5. The van der Waals surface area contributed by atoms with Crippen LogP contribution >= 0.6 is 0 Å². The summed E-state index contributed by atoms with van der Waals surface area (Å²) in [6.07, 6.45) is 0. The number of carbonyl (C=O) groups is 1. The van der Waals surface area contributed by atoms with Crippen LogP contribution in [0.3, 0.4) is 0 Å². The molecule has 0 radical (unpaired) electrons. The molecule has 0 bridgehead atoms. The Kier molecular flexibility index (Phi) is 4.06. The van der Waals surface area contributed by atoms with Crippen molar-refractivity contribution >= 4 is 11.6 Å². The molecular formula is C12H20N4O3. The molecule has 0 aromatic carbocycles. The van der Waals surface area contributed by atoms with Crippen molar-refractivity contribution in [2.45, 2.75) is 26.4 Å². The fourth-order valence-electron chi connectivity index (χ4n) is 2.22. The van der Waals surface area contributed by atoms with E-state index in [-0.39, 0.29) is 25.1 Å². The van der Waals surface area contributed by atoms with Crippen molar-refractivity contribution in [1.82, 2.24) is 14.7 Å². The topological polar surface area (TPSA) is 93.6 Å². The van der Waals surface area contributed by atoms with Crippen LogP contribution in [0, 0.1) is 13.8 Å². The van der Waals surface area contributed by atoms with Gasteiger partial charge in [-0.1, -0.05) is 0 Å². The van der Waals surface area contributed by atoms with E-state index >= 15 is 0 Å². The van der Waals surface area contributed by atoms with Gasteiger partial charge in [-0.3, -0.25) is 9.48 Å². The van der Waals surface area contributed by atoms with Crippen LogP contribution in [0.15, 0.2) is 0 Å². The van der Waals surface area contributed by atoms with Gasteiger partial charge in [-0.05, 0) is 13.8 Å². The highest BCUT2D eigenvalue weighted by Gasteiger charge is 2.27. The van der Waals surface area contributed by atoms with Crippen molar-refractivity contribution in [1.29, 1.82) is 0 Å². The number of nitrogens with two attached hydrogens (primary N) is 1. The third-order valence-corrected chi connectivity index (χ3v) is 3.48. The van der Waals surface area contributed by atoms with Crippen LogP contribution in [0.25, 0.3) is 0 Å². The molecular weight excluding hydrogens is 248 g/mol. The van der Waals surface area contributed by atoms with Gasteiger partial charge in [-0.25, -0.2) is 0 Å². The number of anilines is 1. The molecule has 0 saturated carbocycles. The maximum Gasteiger partial charge on any atom is 0.244 e. The summed E-state index contributed by atoms with van der Waals surface area (Å²) in [5, 5.41) is 13.5. The molecule has 3 N–H and O–H groups in total. The second kappa shape index (κ2) is 5.58. The Morgan fingerprint density at radius 1 is 1.58 bits per heavy atom. The van der Waals surface area contributed by atoms with Crippen LogP contribution in [0.5, 0.6) is 0 Å². The number of aliphatic hydroxyl groups is 1. The SMILES string of the molecule is Cc1nn(CC(=O)N2CCOCC2CO)c(C)c1N. The number of hydrogen-bond donors (Lipinski definition) is 2. The Morgan fingerprint density at radius 2 is 2.32 bits per heavy atom. The third-order valence-electron chi connectivity index (χ3n) is 3.48. The summed E-state index contributed by atoms with van der Waals surface area (Å²) >= 11 is 0. The fraction of sp³-hybridized carbons (Fsp3) is 0.667. The molecule has 1 aromatic rings. The largest absolute Gasteiger partial charge is 0.396 e. The van der Waals surface area contributed by atoms with Gasteiger partial charge in [-0.2, -0.15) is 5.10 Å². The van der Waals surface area contributed by atoms with Crippen LogP contribution in [0.4, 0.5) is 5.69 Å². The number of carbonyl (C=O) groups excluding carboxylic acids is 1. The molecule has 7 heteroatoms. The van der Waals surface area contributed by atoms with Crippen LogP contribution in [0.1, 0.15) is 11.4 Å². The van der Waals surface area contributed by atoms with E-state index in [1.807, 2.05) is 13.8 Å². The van der Waals surface area contributed by atoms with Crippen LogP contribution < -0.4 is 5.73 Å². The van der Waals surface area contributed by atoms with Gasteiger partial charge in [0, 0.05) is 6.54 Å². The lowest BCUT2D eigenvalue weighted by Gasteiger charge is -2.34. The third kappa shape index (κ3) is 2.71. The van der Waals surface area contributed by atoms with Crippen molar-refractivity contribution in [2.24, 2.45) is 0 Å². The quantitative estimate of drug-likeness (QED) is 0.756. The number of nitrogens with zero attached hydrogens (tertiary/aromatic N) is 3. The van der Waals surface area contributed by atoms with E-state index in [0.29, 0.717) is 25.4 Å². The number of aliphatic hydroxyl groups excluding tert-OH is 1. The van der Waals surface area contributed by atoms with Gasteiger partial charge in [0.15, 0.2) is 0 Å². The van der Waals surface area contributed by atoms with Crippen molar-refractivity contribution in [2.75, 3.05) is 32.1 Å². The molecule has 106 valence electrons. The normalized spacial score (nSPS) is 19.7. The molecule has 19 heavy (non-hydrogen) atoms. The summed E-state index contributed by atoms with van der Waals surface area (Å²) in [5.41, 5.74) is 7.98. The first-order valence-electron chi connectivity index (χ1n) is 6.32. The molecule has 1 aromatic heterocycles. The van der Waals surface area contributed by atoms with E-state index in [2.05, 4.69) is 5.10 Å². The molecule has 1 unspecified atom stereocenters. The molecule has 1 amide bonds. The van der Waals surface area contributed by atoms with E-state index in [9.17, 15) is 9.90 Å². The fourth-order valence-corrected chi connectivity index (χ4v) is 2.22. The van der Waals surface area contributed by atoms with Crippen molar-refractivity contribution < 1.29 is 14.6 Å². The number of ether oxygens (including phenoxy) is 1. The summed E-state index contributed by atoms with van der Waals surface area (Å²) in [6, 6.07) is -0.268. The Morgan fingerprint density at radius 3 is 2.89 bits per heavy atom. The summed E-state index contributed by atoms with van der Waals surface area (Å²) in [5.74, 6) is -0.0760. The zero-order valence-electron chi connectivity index (χ0n) is 11.3. The molecule has 2 rings (SSSR count). The van der Waals surface area contributed by atoms with Gasteiger partial charge in [-0.15, -0.1) is 0 Å². The summed E-state index contributed by atoms with van der Waals surface area (Å²) in [7, 11) is 0. The van der Waals surface area contributed by atoms with E-state index in [1.54, 1.807) is 9.58 Å². The number of amides is 1. The summed E-state index contributed by atoms with van der Waals surface area (Å²) in [4.78, 5) is 13.9. The molecule has 1 atom stereocenters.